The third kappa shape index (κ3) is 6.66. The standard InChI is InChI=1S/C33H27ClF3N11O3/c1-18-4-3-5-26(23-10-19(8-9-38-23)31-24(43-32(18)50)14-42-48(31)28-13-29(51-2)40-16-39-28)46-17-41-22(12-30(46)49)21-11-20(34)6-7-25(21)47-15-27(44-45-47)33(35,36)37/h6-18,26H,3-5H2,1-2H3,(H,43,50). The summed E-state index contributed by atoms with van der Waals surface area (Å²) in [5, 5.41) is 14.7. The second-order valence-electron chi connectivity index (χ2n) is 11.8. The molecule has 1 amide bonds. The van der Waals surface area contributed by atoms with Crippen LogP contribution >= 0.6 is 11.6 Å². The first-order chi connectivity index (χ1) is 24.5. The van der Waals surface area contributed by atoms with Gasteiger partial charge in [-0.25, -0.2) is 24.3 Å². The number of methoxy groups -OCH3 is 1. The number of nitrogens with one attached hydrogen (secondary N) is 1. The van der Waals surface area contributed by atoms with Crippen LogP contribution in [-0.4, -0.2) is 62.3 Å². The largest absolute Gasteiger partial charge is 0.481 e. The number of amides is 1. The molecule has 2 unspecified atom stereocenters. The van der Waals surface area contributed by atoms with Crippen molar-refractivity contribution in [2.75, 3.05) is 12.4 Å². The Bertz CT molecular complexity index is 2320. The highest BCUT2D eigenvalue weighted by atomic mass is 35.5. The first-order valence-corrected chi connectivity index (χ1v) is 16.0. The fourth-order valence-electron chi connectivity index (χ4n) is 5.88. The first kappa shape index (κ1) is 33.5. The molecule has 1 aliphatic heterocycles. The second kappa shape index (κ2) is 13.4. The van der Waals surface area contributed by atoms with Gasteiger partial charge < -0.3 is 10.1 Å². The van der Waals surface area contributed by atoms with Gasteiger partial charge in [0.15, 0.2) is 11.5 Å². The molecule has 1 N–H and O–H groups in total. The van der Waals surface area contributed by atoms with Gasteiger partial charge in [-0.3, -0.25) is 19.1 Å². The number of ether oxygens (including phenoxy) is 1. The summed E-state index contributed by atoms with van der Waals surface area (Å²) in [6.45, 7) is 1.82. The summed E-state index contributed by atoms with van der Waals surface area (Å²) in [5.74, 6) is 0.139. The van der Waals surface area contributed by atoms with Crippen LogP contribution in [0.5, 0.6) is 5.88 Å². The van der Waals surface area contributed by atoms with Crippen molar-refractivity contribution in [3.8, 4) is 39.9 Å². The van der Waals surface area contributed by atoms with Crippen LogP contribution in [0.25, 0.3) is 34.0 Å². The molecule has 18 heteroatoms. The molecule has 0 spiro atoms. The number of alkyl halides is 3. The summed E-state index contributed by atoms with van der Waals surface area (Å²) in [6, 6.07) is 10.3. The molecule has 1 aromatic carbocycles. The van der Waals surface area contributed by atoms with Crippen LogP contribution in [0.15, 0.2) is 78.5 Å². The van der Waals surface area contributed by atoms with Gasteiger partial charge in [0.1, 0.15) is 6.33 Å². The molecular weight excluding hydrogens is 691 g/mol. The Balaban J connectivity index is 1.31. The molecule has 6 aromatic rings. The highest BCUT2D eigenvalue weighted by molar-refractivity contribution is 6.31. The van der Waals surface area contributed by atoms with Crippen molar-refractivity contribution in [2.24, 2.45) is 5.92 Å². The molecule has 2 bridgehead atoms. The quantitative estimate of drug-likeness (QED) is 0.239. The topological polar surface area (TPSA) is 160 Å². The molecule has 5 aromatic heterocycles. The van der Waals surface area contributed by atoms with Gasteiger partial charge in [-0.15, -0.1) is 5.10 Å². The minimum absolute atomic E-state index is 0.159. The molecule has 6 heterocycles. The SMILES string of the molecule is COc1cc(-n2ncc3c2-c2ccnc(c2)C(n2cnc(-c4cc(Cl)ccc4-n4cc(C(F)(F)F)nn4)cc2=O)CCCC(C)C(=O)N3)ncn1. The Kier molecular flexibility index (Phi) is 8.80. The molecule has 260 valence electrons. The normalized spacial score (nSPS) is 16.5. The van der Waals surface area contributed by atoms with Crippen molar-refractivity contribution in [3.05, 3.63) is 100 Å². The zero-order valence-electron chi connectivity index (χ0n) is 26.9. The summed E-state index contributed by atoms with van der Waals surface area (Å²) < 4.78 is 49.1. The van der Waals surface area contributed by atoms with E-state index in [-0.39, 0.29) is 33.8 Å². The van der Waals surface area contributed by atoms with Crippen molar-refractivity contribution >= 4 is 23.2 Å². The number of anilines is 1. The number of nitrogens with zero attached hydrogens (tertiary/aromatic N) is 10. The Labute approximate surface area is 291 Å². The number of carbonyl (C=O) groups is 1. The summed E-state index contributed by atoms with van der Waals surface area (Å²) >= 11 is 6.27. The minimum atomic E-state index is -4.70. The Morgan fingerprint density at radius 3 is 2.63 bits per heavy atom. The van der Waals surface area contributed by atoms with Crippen LogP contribution in [0.1, 0.15) is 43.6 Å². The average Bonchev–Trinajstić information content (AvgIpc) is 3.78. The van der Waals surface area contributed by atoms with E-state index in [0.717, 1.165) is 10.9 Å². The van der Waals surface area contributed by atoms with E-state index in [9.17, 15) is 22.8 Å². The number of carbonyl (C=O) groups excluding carboxylic acids is 1. The summed E-state index contributed by atoms with van der Waals surface area (Å²) in [5.41, 5.74) is 1.15. The van der Waals surface area contributed by atoms with Crippen molar-refractivity contribution in [1.29, 1.82) is 0 Å². The van der Waals surface area contributed by atoms with Crippen LogP contribution in [-0.2, 0) is 11.0 Å². The number of pyridine rings is 1. The third-order valence-corrected chi connectivity index (χ3v) is 8.71. The summed E-state index contributed by atoms with van der Waals surface area (Å²) in [6.07, 6.45) is 3.42. The molecular formula is C33H27ClF3N11O3. The number of fused-ring (bicyclic) bond motifs is 4. The monoisotopic (exact) mass is 717 g/mol. The number of hydrogen-bond acceptors (Lipinski definition) is 10. The molecule has 2 atom stereocenters. The fourth-order valence-corrected chi connectivity index (χ4v) is 6.05. The van der Waals surface area contributed by atoms with E-state index in [4.69, 9.17) is 16.3 Å². The number of halogens is 4. The second-order valence-corrected chi connectivity index (χ2v) is 12.2. The Morgan fingerprint density at radius 2 is 1.86 bits per heavy atom. The zero-order valence-corrected chi connectivity index (χ0v) is 27.7. The Morgan fingerprint density at radius 1 is 1.02 bits per heavy atom. The van der Waals surface area contributed by atoms with Crippen molar-refractivity contribution in [1.82, 2.24) is 49.3 Å². The molecule has 0 fully saturated rings. The lowest BCUT2D eigenvalue weighted by atomic mass is 9.97. The minimum Gasteiger partial charge on any atom is -0.481 e. The van der Waals surface area contributed by atoms with Crippen LogP contribution in [0.2, 0.25) is 5.02 Å². The molecule has 0 aliphatic carbocycles. The lowest BCUT2D eigenvalue weighted by Crippen LogP contribution is -2.27. The fraction of sp³-hybridized carbons (Fsp3) is 0.242. The molecule has 14 nitrogen and oxygen atoms in total. The smallest absolute Gasteiger partial charge is 0.436 e. The molecule has 51 heavy (non-hydrogen) atoms. The van der Waals surface area contributed by atoms with Gasteiger partial charge in [-0.05, 0) is 43.2 Å². The number of rotatable bonds is 5. The summed E-state index contributed by atoms with van der Waals surface area (Å²) in [4.78, 5) is 44.8. The lowest BCUT2D eigenvalue weighted by Gasteiger charge is -2.22. The van der Waals surface area contributed by atoms with E-state index in [0.29, 0.717) is 53.6 Å². The number of hydrogen-bond donors (Lipinski definition) is 1. The predicted molar refractivity (Wildman–Crippen MR) is 178 cm³/mol. The average molecular weight is 718 g/mol. The number of benzene rings is 1. The van der Waals surface area contributed by atoms with E-state index in [1.165, 1.54) is 48.6 Å². The van der Waals surface area contributed by atoms with Gasteiger partial charge in [-0.1, -0.05) is 30.2 Å². The van der Waals surface area contributed by atoms with Gasteiger partial charge in [0, 0.05) is 40.4 Å². The zero-order chi connectivity index (χ0) is 35.9. The first-order valence-electron chi connectivity index (χ1n) is 15.6. The van der Waals surface area contributed by atoms with Gasteiger partial charge in [0.2, 0.25) is 11.8 Å². The Hall–Kier alpha value is -5.97. The molecule has 1 aliphatic rings. The van der Waals surface area contributed by atoms with Crippen LogP contribution < -0.4 is 15.6 Å². The van der Waals surface area contributed by atoms with Crippen LogP contribution in [0, 0.1) is 5.92 Å². The lowest BCUT2D eigenvalue weighted by molar-refractivity contribution is -0.141. The number of aromatic nitrogens is 10. The maximum absolute atomic E-state index is 13.9. The van der Waals surface area contributed by atoms with Crippen LogP contribution in [0.4, 0.5) is 18.9 Å². The van der Waals surface area contributed by atoms with Crippen molar-refractivity contribution in [3.63, 3.8) is 0 Å². The van der Waals surface area contributed by atoms with Gasteiger partial charge in [-0.2, -0.15) is 18.3 Å². The van der Waals surface area contributed by atoms with Gasteiger partial charge in [0.05, 0.1) is 60.3 Å². The predicted octanol–water partition coefficient (Wildman–Crippen LogP) is 5.56. The molecule has 7 rings (SSSR count). The van der Waals surface area contributed by atoms with E-state index in [1.54, 1.807) is 29.2 Å². The third-order valence-electron chi connectivity index (χ3n) is 8.48. The van der Waals surface area contributed by atoms with Crippen molar-refractivity contribution < 1.29 is 22.7 Å². The van der Waals surface area contributed by atoms with E-state index >= 15 is 0 Å². The van der Waals surface area contributed by atoms with Gasteiger partial charge >= 0.3 is 6.18 Å². The molecule has 0 saturated heterocycles. The summed E-state index contributed by atoms with van der Waals surface area (Å²) in [7, 11) is 1.48. The van der Waals surface area contributed by atoms with E-state index < -0.39 is 23.5 Å². The molecule has 0 saturated carbocycles. The molecule has 0 radical (unpaired) electrons. The van der Waals surface area contributed by atoms with E-state index in [2.05, 4.69) is 40.7 Å². The highest BCUT2D eigenvalue weighted by Crippen LogP contribution is 2.35. The highest BCUT2D eigenvalue weighted by Gasteiger charge is 2.35. The van der Waals surface area contributed by atoms with Crippen molar-refractivity contribution in [2.45, 2.75) is 38.4 Å². The van der Waals surface area contributed by atoms with E-state index in [1.807, 2.05) is 13.0 Å². The van der Waals surface area contributed by atoms with Crippen LogP contribution in [0.3, 0.4) is 0 Å². The maximum Gasteiger partial charge on any atom is 0.436 e. The van der Waals surface area contributed by atoms with Gasteiger partial charge in [0.25, 0.3) is 5.56 Å². The maximum atomic E-state index is 13.9.